The average molecular weight is 502 g/mol. The summed E-state index contributed by atoms with van der Waals surface area (Å²) < 4.78 is 12.7. The smallest absolute Gasteiger partial charge is 0.293 e. The number of carbonyl (C=O) groups is 2. The van der Waals surface area contributed by atoms with Gasteiger partial charge in [-0.25, -0.2) is 0 Å². The maximum atomic E-state index is 12.6. The van der Waals surface area contributed by atoms with Crippen molar-refractivity contribution in [3.63, 3.8) is 0 Å². The van der Waals surface area contributed by atoms with Crippen LogP contribution in [0.15, 0.2) is 58.4 Å². The summed E-state index contributed by atoms with van der Waals surface area (Å²) in [6.07, 6.45) is 4.83. The van der Waals surface area contributed by atoms with Crippen molar-refractivity contribution in [1.82, 2.24) is 4.90 Å². The second kappa shape index (κ2) is 10.7. The molecular weight excluding hydrogens is 478 g/mol. The molecule has 0 unspecified atom stereocenters. The Bertz CT molecular complexity index is 1020. The van der Waals surface area contributed by atoms with Crippen molar-refractivity contribution in [2.24, 2.45) is 0 Å². The second-order valence-corrected chi connectivity index (χ2v) is 8.86. The van der Waals surface area contributed by atoms with Crippen LogP contribution in [0.4, 0.5) is 4.79 Å². The third-order valence-corrected chi connectivity index (χ3v) is 6.09. The highest BCUT2D eigenvalue weighted by Crippen LogP contribution is 2.37. The predicted octanol–water partition coefficient (Wildman–Crippen LogP) is 6.21. The molecule has 1 fully saturated rings. The highest BCUT2D eigenvalue weighted by atomic mass is 79.9. The normalized spacial score (nSPS) is 14.9. The van der Waals surface area contributed by atoms with Crippen molar-refractivity contribution in [1.29, 1.82) is 0 Å². The van der Waals surface area contributed by atoms with Crippen LogP contribution in [0.5, 0.6) is 11.5 Å². The molecule has 0 aliphatic carbocycles. The van der Waals surface area contributed by atoms with Crippen LogP contribution in [0.25, 0.3) is 6.08 Å². The molecule has 0 bridgehead atoms. The molecule has 162 valence electrons. The molecule has 0 saturated carbocycles. The lowest BCUT2D eigenvalue weighted by Gasteiger charge is -2.16. The molecule has 3 rings (SSSR count). The van der Waals surface area contributed by atoms with E-state index < -0.39 is 0 Å². The van der Waals surface area contributed by atoms with Crippen LogP contribution in [-0.4, -0.2) is 29.7 Å². The molecule has 31 heavy (non-hydrogen) atoms. The molecule has 1 heterocycles. The molecule has 0 spiro atoms. The van der Waals surface area contributed by atoms with E-state index in [0.717, 1.165) is 39.3 Å². The zero-order valence-electron chi connectivity index (χ0n) is 17.5. The Hall–Kier alpha value is -2.51. The number of amides is 2. The summed E-state index contributed by atoms with van der Waals surface area (Å²) in [5.74, 6) is 0.953. The second-order valence-electron chi connectivity index (χ2n) is 6.95. The predicted molar refractivity (Wildman–Crippen MR) is 128 cm³/mol. The van der Waals surface area contributed by atoms with Crippen LogP contribution in [0.2, 0.25) is 0 Å². The molecule has 2 aromatic rings. The SMILES string of the molecule is C=CCc1cc(/C=C2/SC(=O)N(CCC)C2=O)cc(OC)c1OCc1ccc(Br)cc1. The molecule has 0 radical (unpaired) electrons. The molecule has 1 aliphatic heterocycles. The van der Waals surface area contributed by atoms with E-state index >= 15 is 0 Å². The molecule has 2 amide bonds. The first-order chi connectivity index (χ1) is 15.0. The van der Waals surface area contributed by atoms with Gasteiger partial charge in [0.25, 0.3) is 11.1 Å². The van der Waals surface area contributed by atoms with Gasteiger partial charge in [-0.2, -0.15) is 0 Å². The maximum Gasteiger partial charge on any atom is 0.293 e. The van der Waals surface area contributed by atoms with E-state index in [0.29, 0.717) is 36.0 Å². The van der Waals surface area contributed by atoms with Gasteiger partial charge in [0.2, 0.25) is 0 Å². The standard InChI is InChI=1S/C24H24BrNO4S/c1-4-6-18-12-17(14-21-23(27)26(11-5-2)24(28)31-21)13-20(29-3)22(18)30-15-16-7-9-19(25)10-8-16/h4,7-10,12-14H,1,5-6,11,15H2,2-3H3/b21-14+. The van der Waals surface area contributed by atoms with Gasteiger partial charge in [-0.3, -0.25) is 14.5 Å². The third-order valence-electron chi connectivity index (χ3n) is 4.65. The van der Waals surface area contributed by atoms with Crippen molar-refractivity contribution < 1.29 is 19.1 Å². The number of carbonyl (C=O) groups excluding carboxylic acids is 2. The molecular formula is C24H24BrNO4S. The van der Waals surface area contributed by atoms with Gasteiger partial charge in [-0.05, 0) is 66.1 Å². The Labute approximate surface area is 195 Å². The molecule has 1 saturated heterocycles. The summed E-state index contributed by atoms with van der Waals surface area (Å²) in [7, 11) is 1.58. The highest BCUT2D eigenvalue weighted by Gasteiger charge is 2.34. The Morgan fingerprint density at radius 1 is 1.19 bits per heavy atom. The quantitative estimate of drug-likeness (QED) is 0.301. The van der Waals surface area contributed by atoms with Crippen LogP contribution in [0, 0.1) is 0 Å². The van der Waals surface area contributed by atoms with Gasteiger partial charge >= 0.3 is 0 Å². The number of hydrogen-bond donors (Lipinski definition) is 0. The van der Waals surface area contributed by atoms with Gasteiger partial charge in [0.05, 0.1) is 12.0 Å². The van der Waals surface area contributed by atoms with Crippen LogP contribution in [0.1, 0.15) is 30.0 Å². The number of imide groups is 1. The Morgan fingerprint density at radius 2 is 1.94 bits per heavy atom. The van der Waals surface area contributed by atoms with Crippen LogP contribution in [-0.2, 0) is 17.8 Å². The van der Waals surface area contributed by atoms with Crippen molar-refractivity contribution in [3.05, 3.63) is 75.1 Å². The fourth-order valence-corrected chi connectivity index (χ4v) is 4.32. The lowest BCUT2D eigenvalue weighted by atomic mass is 10.0. The van der Waals surface area contributed by atoms with Crippen LogP contribution in [0.3, 0.4) is 0 Å². The molecule has 2 aromatic carbocycles. The van der Waals surface area contributed by atoms with Crippen molar-refractivity contribution >= 4 is 44.9 Å². The number of ether oxygens (including phenoxy) is 2. The fraction of sp³-hybridized carbons (Fsp3) is 0.250. The topological polar surface area (TPSA) is 55.8 Å². The third kappa shape index (κ3) is 5.60. The van der Waals surface area contributed by atoms with Gasteiger partial charge in [0.1, 0.15) is 6.61 Å². The van der Waals surface area contributed by atoms with E-state index in [9.17, 15) is 9.59 Å². The summed E-state index contributed by atoms with van der Waals surface area (Å²) in [5.41, 5.74) is 2.70. The number of thioether (sulfide) groups is 1. The Morgan fingerprint density at radius 3 is 2.58 bits per heavy atom. The number of nitrogens with zero attached hydrogens (tertiary/aromatic N) is 1. The minimum atomic E-state index is -0.253. The van der Waals surface area contributed by atoms with E-state index in [4.69, 9.17) is 9.47 Å². The fourth-order valence-electron chi connectivity index (χ4n) is 3.19. The lowest BCUT2D eigenvalue weighted by molar-refractivity contribution is -0.122. The maximum absolute atomic E-state index is 12.6. The van der Waals surface area contributed by atoms with E-state index in [1.807, 2.05) is 43.3 Å². The molecule has 0 N–H and O–H groups in total. The first-order valence-electron chi connectivity index (χ1n) is 9.91. The van der Waals surface area contributed by atoms with E-state index in [2.05, 4.69) is 22.5 Å². The zero-order valence-corrected chi connectivity index (χ0v) is 19.9. The number of hydrogen-bond acceptors (Lipinski definition) is 5. The van der Waals surface area contributed by atoms with Gasteiger partial charge in [0, 0.05) is 16.6 Å². The minimum absolute atomic E-state index is 0.231. The first kappa shape index (κ1) is 23.2. The number of halogens is 1. The van der Waals surface area contributed by atoms with Crippen molar-refractivity contribution in [2.75, 3.05) is 13.7 Å². The van der Waals surface area contributed by atoms with E-state index in [-0.39, 0.29) is 11.1 Å². The van der Waals surface area contributed by atoms with Gasteiger partial charge in [0.15, 0.2) is 11.5 Å². The highest BCUT2D eigenvalue weighted by molar-refractivity contribution is 9.10. The summed E-state index contributed by atoms with van der Waals surface area (Å²) in [6, 6.07) is 11.7. The molecule has 7 heteroatoms. The van der Waals surface area contributed by atoms with Gasteiger partial charge in [-0.1, -0.05) is 41.1 Å². The summed E-state index contributed by atoms with van der Waals surface area (Å²) in [5, 5.41) is -0.231. The molecule has 0 atom stereocenters. The summed E-state index contributed by atoms with van der Waals surface area (Å²) in [4.78, 5) is 26.4. The summed E-state index contributed by atoms with van der Waals surface area (Å²) >= 11 is 4.40. The van der Waals surface area contributed by atoms with E-state index in [1.165, 1.54) is 4.90 Å². The number of rotatable bonds is 9. The molecule has 1 aliphatic rings. The number of methoxy groups -OCH3 is 1. The number of allylic oxidation sites excluding steroid dienone is 1. The van der Waals surface area contributed by atoms with Crippen LogP contribution < -0.4 is 9.47 Å². The van der Waals surface area contributed by atoms with Crippen molar-refractivity contribution in [2.45, 2.75) is 26.4 Å². The van der Waals surface area contributed by atoms with Crippen LogP contribution >= 0.6 is 27.7 Å². The van der Waals surface area contributed by atoms with Gasteiger partial charge < -0.3 is 9.47 Å². The largest absolute Gasteiger partial charge is 0.493 e. The van der Waals surface area contributed by atoms with E-state index in [1.54, 1.807) is 19.3 Å². The average Bonchev–Trinajstić information content (AvgIpc) is 3.01. The number of benzene rings is 2. The zero-order chi connectivity index (χ0) is 22.4. The molecule has 5 nitrogen and oxygen atoms in total. The Kier molecular flexibility index (Phi) is 7.98. The lowest BCUT2D eigenvalue weighted by Crippen LogP contribution is -2.28. The first-order valence-corrected chi connectivity index (χ1v) is 11.5. The van der Waals surface area contributed by atoms with Gasteiger partial charge in [-0.15, -0.1) is 6.58 Å². The minimum Gasteiger partial charge on any atom is -0.493 e. The summed E-state index contributed by atoms with van der Waals surface area (Å²) in [6.45, 7) is 6.59. The molecule has 0 aromatic heterocycles. The monoisotopic (exact) mass is 501 g/mol. The Balaban J connectivity index is 1.90. The van der Waals surface area contributed by atoms with Crippen molar-refractivity contribution in [3.8, 4) is 11.5 Å².